The fourth-order valence-corrected chi connectivity index (χ4v) is 3.74. The van der Waals surface area contributed by atoms with E-state index in [1.54, 1.807) is 17.9 Å². The molecular formula is C22H25ClN4O6. The Hall–Kier alpha value is -3.53. The summed E-state index contributed by atoms with van der Waals surface area (Å²) in [6.07, 6.45) is 0. The monoisotopic (exact) mass is 476 g/mol. The van der Waals surface area contributed by atoms with Crippen LogP contribution in [0.15, 0.2) is 36.4 Å². The molecule has 33 heavy (non-hydrogen) atoms. The first-order valence-corrected chi connectivity index (χ1v) is 10.8. The van der Waals surface area contributed by atoms with Gasteiger partial charge in [0.25, 0.3) is 11.6 Å². The van der Waals surface area contributed by atoms with Gasteiger partial charge < -0.3 is 24.6 Å². The van der Waals surface area contributed by atoms with Crippen molar-refractivity contribution < 1.29 is 24.0 Å². The molecule has 0 radical (unpaired) electrons. The summed E-state index contributed by atoms with van der Waals surface area (Å²) in [6, 6.07) is 9.90. The van der Waals surface area contributed by atoms with E-state index in [1.165, 1.54) is 13.2 Å². The molecule has 0 saturated carbocycles. The molecule has 3 rings (SSSR count). The molecule has 0 bridgehead atoms. The van der Waals surface area contributed by atoms with Crippen molar-refractivity contribution in [3.63, 3.8) is 0 Å². The van der Waals surface area contributed by atoms with Gasteiger partial charge in [0.05, 0.1) is 31.3 Å². The number of carbonyl (C=O) groups excluding carboxylic acids is 2. The lowest BCUT2D eigenvalue weighted by atomic mass is 10.1. The number of nitrogens with one attached hydrogen (secondary N) is 1. The minimum atomic E-state index is -0.742. The number of hydrogen-bond donors (Lipinski definition) is 1. The molecule has 0 atom stereocenters. The Bertz CT molecular complexity index is 1040. The van der Waals surface area contributed by atoms with Gasteiger partial charge in [0.1, 0.15) is 5.56 Å². The van der Waals surface area contributed by atoms with E-state index in [9.17, 15) is 19.7 Å². The topological polar surface area (TPSA) is 114 Å². The van der Waals surface area contributed by atoms with Crippen LogP contribution < -0.4 is 19.7 Å². The van der Waals surface area contributed by atoms with E-state index in [-0.39, 0.29) is 36.1 Å². The number of ether oxygens (including phenoxy) is 2. The number of amides is 2. The highest BCUT2D eigenvalue weighted by atomic mass is 35.5. The number of hydrogen-bond acceptors (Lipinski definition) is 7. The summed E-state index contributed by atoms with van der Waals surface area (Å²) in [5.41, 5.74) is 0.345. The zero-order valence-electron chi connectivity index (χ0n) is 18.4. The molecular weight excluding hydrogens is 452 g/mol. The average Bonchev–Trinajstić information content (AvgIpc) is 2.82. The van der Waals surface area contributed by atoms with Crippen LogP contribution in [0.5, 0.6) is 11.5 Å². The number of nitrogens with zero attached hydrogens (tertiary/aromatic N) is 3. The van der Waals surface area contributed by atoms with Crippen LogP contribution in [0.1, 0.15) is 17.3 Å². The van der Waals surface area contributed by atoms with Gasteiger partial charge in [-0.05, 0) is 25.1 Å². The van der Waals surface area contributed by atoms with E-state index < -0.39 is 16.5 Å². The van der Waals surface area contributed by atoms with Crippen LogP contribution >= 0.6 is 11.6 Å². The van der Waals surface area contributed by atoms with Gasteiger partial charge in [-0.3, -0.25) is 19.7 Å². The standard InChI is InChI=1S/C22H25ClN4O6/c1-3-33-20-13-18(27(30)31)17(12-19(20)32-2)22(29)24-14-21(28)26-9-7-25(8-10-26)16-6-4-5-15(23)11-16/h4-6,11-13H,3,7-10,14H2,1-2H3,(H,24,29). The highest BCUT2D eigenvalue weighted by molar-refractivity contribution is 6.30. The van der Waals surface area contributed by atoms with Crippen LogP contribution in [0.2, 0.25) is 5.02 Å². The Morgan fingerprint density at radius 3 is 2.48 bits per heavy atom. The second kappa shape index (κ2) is 10.9. The maximum Gasteiger partial charge on any atom is 0.286 e. The molecule has 11 heteroatoms. The Morgan fingerprint density at radius 1 is 1.15 bits per heavy atom. The summed E-state index contributed by atoms with van der Waals surface area (Å²) in [5.74, 6) is -0.656. The highest BCUT2D eigenvalue weighted by Crippen LogP contribution is 2.34. The number of benzene rings is 2. The number of halogens is 1. The maximum absolute atomic E-state index is 12.7. The SMILES string of the molecule is CCOc1cc([N+](=O)[O-])c(C(=O)NCC(=O)N2CCN(c3cccc(Cl)c3)CC2)cc1OC. The third-order valence-corrected chi connectivity index (χ3v) is 5.46. The molecule has 2 aromatic carbocycles. The Morgan fingerprint density at radius 2 is 1.88 bits per heavy atom. The van der Waals surface area contributed by atoms with Crippen molar-refractivity contribution in [2.24, 2.45) is 0 Å². The first kappa shape index (κ1) is 24.1. The summed E-state index contributed by atoms with van der Waals surface area (Å²) < 4.78 is 10.5. The Balaban J connectivity index is 1.61. The second-order valence-electron chi connectivity index (χ2n) is 7.24. The Labute approximate surface area is 196 Å². The Kier molecular flexibility index (Phi) is 7.94. The largest absolute Gasteiger partial charge is 0.493 e. The third-order valence-electron chi connectivity index (χ3n) is 5.23. The molecule has 1 heterocycles. The molecule has 176 valence electrons. The number of anilines is 1. The van der Waals surface area contributed by atoms with Crippen LogP contribution in [-0.4, -0.2) is 68.1 Å². The minimum absolute atomic E-state index is 0.164. The molecule has 0 spiro atoms. The molecule has 10 nitrogen and oxygen atoms in total. The summed E-state index contributed by atoms with van der Waals surface area (Å²) in [7, 11) is 1.37. The van der Waals surface area contributed by atoms with Gasteiger partial charge in [0.15, 0.2) is 11.5 Å². The zero-order chi connectivity index (χ0) is 24.0. The van der Waals surface area contributed by atoms with Crippen LogP contribution in [0.3, 0.4) is 0 Å². The van der Waals surface area contributed by atoms with E-state index in [0.29, 0.717) is 31.2 Å². The maximum atomic E-state index is 12.7. The highest BCUT2D eigenvalue weighted by Gasteiger charge is 2.26. The van der Waals surface area contributed by atoms with Crippen molar-refractivity contribution in [1.29, 1.82) is 0 Å². The van der Waals surface area contributed by atoms with Gasteiger partial charge >= 0.3 is 0 Å². The van der Waals surface area contributed by atoms with Crippen molar-refractivity contribution in [2.45, 2.75) is 6.92 Å². The average molecular weight is 477 g/mol. The number of rotatable bonds is 8. The molecule has 0 aromatic heterocycles. The van der Waals surface area contributed by atoms with Gasteiger partial charge in [-0.25, -0.2) is 0 Å². The van der Waals surface area contributed by atoms with E-state index >= 15 is 0 Å². The van der Waals surface area contributed by atoms with Crippen molar-refractivity contribution in [2.75, 3.05) is 51.3 Å². The van der Waals surface area contributed by atoms with Crippen molar-refractivity contribution >= 4 is 34.8 Å². The quantitative estimate of drug-likeness (QED) is 0.460. The van der Waals surface area contributed by atoms with Gasteiger partial charge in [0, 0.05) is 43.0 Å². The van der Waals surface area contributed by atoms with Gasteiger partial charge in [-0.2, -0.15) is 0 Å². The first-order valence-electron chi connectivity index (χ1n) is 10.4. The van der Waals surface area contributed by atoms with Crippen LogP contribution in [0.4, 0.5) is 11.4 Å². The summed E-state index contributed by atoms with van der Waals surface area (Å²) in [6.45, 7) is 3.95. The van der Waals surface area contributed by atoms with Gasteiger partial charge in [0.2, 0.25) is 5.91 Å². The third kappa shape index (κ3) is 5.83. The van der Waals surface area contributed by atoms with Crippen LogP contribution in [-0.2, 0) is 4.79 Å². The number of carbonyl (C=O) groups is 2. The molecule has 0 aliphatic carbocycles. The van der Waals surface area contributed by atoms with Crippen LogP contribution in [0, 0.1) is 10.1 Å². The van der Waals surface area contributed by atoms with Crippen molar-refractivity contribution in [3.05, 3.63) is 57.1 Å². The van der Waals surface area contributed by atoms with E-state index in [4.69, 9.17) is 21.1 Å². The van der Waals surface area contributed by atoms with Crippen LogP contribution in [0.25, 0.3) is 0 Å². The molecule has 1 fully saturated rings. The molecule has 2 amide bonds. The summed E-state index contributed by atoms with van der Waals surface area (Å²) >= 11 is 6.05. The normalized spacial score (nSPS) is 13.4. The van der Waals surface area contributed by atoms with Gasteiger partial charge in [-0.15, -0.1) is 0 Å². The molecule has 1 aliphatic heterocycles. The molecule has 0 unspecified atom stereocenters. The van der Waals surface area contributed by atoms with Crippen molar-refractivity contribution in [1.82, 2.24) is 10.2 Å². The fourth-order valence-electron chi connectivity index (χ4n) is 3.56. The minimum Gasteiger partial charge on any atom is -0.493 e. The lowest BCUT2D eigenvalue weighted by Crippen LogP contribution is -2.51. The number of nitro groups is 1. The molecule has 1 aliphatic rings. The summed E-state index contributed by atoms with van der Waals surface area (Å²) in [4.78, 5) is 39.8. The number of nitro benzene ring substituents is 1. The first-order chi connectivity index (χ1) is 15.8. The lowest BCUT2D eigenvalue weighted by Gasteiger charge is -2.36. The van der Waals surface area contributed by atoms with Gasteiger partial charge in [-0.1, -0.05) is 17.7 Å². The van der Waals surface area contributed by atoms with E-state index in [2.05, 4.69) is 10.2 Å². The molecule has 2 aromatic rings. The number of piperazine rings is 1. The number of methoxy groups -OCH3 is 1. The zero-order valence-corrected chi connectivity index (χ0v) is 19.1. The molecule has 1 N–H and O–H groups in total. The van der Waals surface area contributed by atoms with E-state index in [0.717, 1.165) is 11.8 Å². The fraction of sp³-hybridized carbons (Fsp3) is 0.364. The lowest BCUT2D eigenvalue weighted by molar-refractivity contribution is -0.385. The predicted octanol–water partition coefficient (Wildman–Crippen LogP) is 2.73. The predicted molar refractivity (Wildman–Crippen MR) is 123 cm³/mol. The van der Waals surface area contributed by atoms with Crippen molar-refractivity contribution in [3.8, 4) is 11.5 Å². The summed E-state index contributed by atoms with van der Waals surface area (Å²) in [5, 5.41) is 14.6. The smallest absolute Gasteiger partial charge is 0.286 e. The van der Waals surface area contributed by atoms with E-state index in [1.807, 2.05) is 18.2 Å². The second-order valence-corrected chi connectivity index (χ2v) is 7.68. The molecule has 1 saturated heterocycles.